The Kier molecular flexibility index (Phi) is 2.96. The first kappa shape index (κ1) is 9.44. The highest BCUT2D eigenvalue weighted by molar-refractivity contribution is 5.66. The van der Waals surface area contributed by atoms with E-state index in [4.69, 9.17) is 4.84 Å². The van der Waals surface area contributed by atoms with E-state index in [2.05, 4.69) is 37.3 Å². The molecule has 14 heavy (non-hydrogen) atoms. The molecule has 2 heteroatoms. The lowest BCUT2D eigenvalue weighted by Crippen LogP contribution is -2.28. The molecule has 0 radical (unpaired) electrons. The number of hydroxylamine groups is 2. The van der Waals surface area contributed by atoms with Gasteiger partial charge in [-0.15, -0.1) is 0 Å². The predicted octanol–water partition coefficient (Wildman–Crippen LogP) is 2.34. The van der Waals surface area contributed by atoms with Crippen LogP contribution in [-0.2, 0) is 4.84 Å². The van der Waals surface area contributed by atoms with Crippen molar-refractivity contribution < 1.29 is 4.84 Å². The second-order valence-electron chi connectivity index (χ2n) is 3.35. The Morgan fingerprint density at radius 3 is 2.64 bits per heavy atom. The fraction of sp³-hybridized carbons (Fsp3) is 0.333. The Balaban J connectivity index is 2.11. The van der Waals surface area contributed by atoms with Crippen LogP contribution in [0, 0.1) is 0 Å². The summed E-state index contributed by atoms with van der Waals surface area (Å²) in [6.45, 7) is 4.62. The lowest BCUT2D eigenvalue weighted by molar-refractivity contribution is -0.139. The van der Waals surface area contributed by atoms with E-state index in [-0.39, 0.29) is 0 Å². The minimum atomic E-state index is 0.692. The van der Waals surface area contributed by atoms with Crippen LogP contribution in [0.5, 0.6) is 0 Å². The van der Waals surface area contributed by atoms with E-state index in [1.54, 1.807) is 0 Å². The van der Waals surface area contributed by atoms with Crippen molar-refractivity contribution in [3.05, 3.63) is 42.0 Å². The lowest BCUT2D eigenvalue weighted by Gasteiger charge is -2.24. The Morgan fingerprint density at radius 1 is 1.29 bits per heavy atom. The molecular formula is C12H15NO. The lowest BCUT2D eigenvalue weighted by atomic mass is 10.1. The van der Waals surface area contributed by atoms with Crippen molar-refractivity contribution in [1.29, 1.82) is 0 Å². The molecule has 0 bridgehead atoms. The molecule has 0 unspecified atom stereocenters. The predicted molar refractivity (Wildman–Crippen MR) is 57.6 cm³/mol. The van der Waals surface area contributed by atoms with E-state index >= 15 is 0 Å². The molecule has 2 nitrogen and oxygen atoms in total. The van der Waals surface area contributed by atoms with E-state index in [1.807, 2.05) is 11.1 Å². The molecule has 0 amide bonds. The van der Waals surface area contributed by atoms with Gasteiger partial charge in [-0.3, -0.25) is 4.84 Å². The maximum atomic E-state index is 5.56. The molecule has 1 aliphatic rings. The molecule has 0 spiro atoms. The maximum Gasteiger partial charge on any atom is 0.0939 e. The first-order valence-electron chi connectivity index (χ1n) is 5.02. The van der Waals surface area contributed by atoms with Crippen molar-refractivity contribution in [3.8, 4) is 0 Å². The van der Waals surface area contributed by atoms with E-state index in [0.29, 0.717) is 6.61 Å². The van der Waals surface area contributed by atoms with Gasteiger partial charge in [-0.2, -0.15) is 5.06 Å². The second kappa shape index (κ2) is 4.40. The van der Waals surface area contributed by atoms with Crippen LogP contribution in [0.3, 0.4) is 0 Å². The van der Waals surface area contributed by atoms with Gasteiger partial charge < -0.3 is 0 Å². The van der Waals surface area contributed by atoms with Gasteiger partial charge in [-0.1, -0.05) is 43.3 Å². The molecule has 2 rings (SSSR count). The SMILES string of the molecule is CCN1CC=C(c2ccccc2)CO1. The fourth-order valence-electron chi connectivity index (χ4n) is 1.56. The zero-order chi connectivity index (χ0) is 9.80. The Hall–Kier alpha value is -1.12. The fourth-order valence-corrected chi connectivity index (χ4v) is 1.56. The largest absolute Gasteiger partial charge is 0.294 e. The van der Waals surface area contributed by atoms with Gasteiger partial charge in [0.05, 0.1) is 6.61 Å². The van der Waals surface area contributed by atoms with E-state index < -0.39 is 0 Å². The van der Waals surface area contributed by atoms with Gasteiger partial charge in [-0.05, 0) is 11.1 Å². The number of hydrogen-bond acceptors (Lipinski definition) is 2. The highest BCUT2D eigenvalue weighted by Crippen LogP contribution is 2.18. The molecule has 1 aliphatic heterocycles. The number of nitrogens with zero attached hydrogens (tertiary/aromatic N) is 1. The van der Waals surface area contributed by atoms with Gasteiger partial charge in [-0.25, -0.2) is 0 Å². The molecule has 0 fully saturated rings. The van der Waals surface area contributed by atoms with Crippen LogP contribution in [-0.4, -0.2) is 24.8 Å². The minimum absolute atomic E-state index is 0.692. The Morgan fingerprint density at radius 2 is 2.07 bits per heavy atom. The first-order valence-corrected chi connectivity index (χ1v) is 5.02. The number of benzene rings is 1. The van der Waals surface area contributed by atoms with Crippen LogP contribution < -0.4 is 0 Å². The van der Waals surface area contributed by atoms with E-state index in [1.165, 1.54) is 11.1 Å². The summed E-state index contributed by atoms with van der Waals surface area (Å²) in [5, 5.41) is 1.96. The normalized spacial score (nSPS) is 17.9. The highest BCUT2D eigenvalue weighted by Gasteiger charge is 2.10. The average Bonchev–Trinajstić information content (AvgIpc) is 2.30. The van der Waals surface area contributed by atoms with Crippen molar-refractivity contribution in [2.45, 2.75) is 6.92 Å². The molecule has 0 aromatic heterocycles. The number of rotatable bonds is 2. The summed E-state index contributed by atoms with van der Waals surface area (Å²) in [6.07, 6.45) is 2.24. The monoisotopic (exact) mass is 189 g/mol. The van der Waals surface area contributed by atoms with Crippen LogP contribution >= 0.6 is 0 Å². The Labute approximate surface area is 84.8 Å². The third kappa shape index (κ3) is 2.03. The summed E-state index contributed by atoms with van der Waals surface area (Å²) in [5.41, 5.74) is 2.55. The van der Waals surface area contributed by atoms with Crippen LogP contribution in [0.2, 0.25) is 0 Å². The van der Waals surface area contributed by atoms with Gasteiger partial charge in [0.25, 0.3) is 0 Å². The van der Waals surface area contributed by atoms with Gasteiger partial charge in [0.15, 0.2) is 0 Å². The summed E-state index contributed by atoms with van der Waals surface area (Å²) in [7, 11) is 0. The second-order valence-corrected chi connectivity index (χ2v) is 3.35. The summed E-state index contributed by atoms with van der Waals surface area (Å²) in [6, 6.07) is 10.4. The third-order valence-corrected chi connectivity index (χ3v) is 2.44. The third-order valence-electron chi connectivity index (χ3n) is 2.44. The maximum absolute atomic E-state index is 5.56. The molecule has 1 aromatic rings. The summed E-state index contributed by atoms with van der Waals surface area (Å²) < 4.78 is 0. The molecule has 0 N–H and O–H groups in total. The van der Waals surface area contributed by atoms with Crippen molar-refractivity contribution in [2.24, 2.45) is 0 Å². The standard InChI is InChI=1S/C12H15NO/c1-2-13-9-8-12(10-14-13)11-6-4-3-5-7-11/h3-8H,2,9-10H2,1H3. The van der Waals surface area contributed by atoms with Gasteiger partial charge >= 0.3 is 0 Å². The van der Waals surface area contributed by atoms with Crippen molar-refractivity contribution >= 4 is 5.57 Å². The molecule has 0 saturated heterocycles. The smallest absolute Gasteiger partial charge is 0.0939 e. The van der Waals surface area contributed by atoms with Crippen LogP contribution in [0.1, 0.15) is 12.5 Å². The van der Waals surface area contributed by atoms with Gasteiger partial charge in [0.2, 0.25) is 0 Å². The quantitative estimate of drug-likeness (QED) is 0.708. The van der Waals surface area contributed by atoms with Crippen LogP contribution in [0.25, 0.3) is 5.57 Å². The number of likely N-dealkylation sites (N-methyl/N-ethyl adjacent to an activating group) is 1. The zero-order valence-corrected chi connectivity index (χ0v) is 8.44. The molecule has 0 atom stereocenters. The van der Waals surface area contributed by atoms with Gasteiger partial charge in [0, 0.05) is 13.1 Å². The van der Waals surface area contributed by atoms with E-state index in [0.717, 1.165) is 13.1 Å². The van der Waals surface area contributed by atoms with Crippen LogP contribution in [0.15, 0.2) is 36.4 Å². The van der Waals surface area contributed by atoms with Crippen LogP contribution in [0.4, 0.5) is 0 Å². The molecule has 1 heterocycles. The molecule has 0 aliphatic carbocycles. The molecule has 74 valence electrons. The van der Waals surface area contributed by atoms with Crippen molar-refractivity contribution in [2.75, 3.05) is 19.7 Å². The minimum Gasteiger partial charge on any atom is -0.294 e. The molecule has 0 saturated carbocycles. The van der Waals surface area contributed by atoms with Crippen molar-refractivity contribution in [3.63, 3.8) is 0 Å². The average molecular weight is 189 g/mol. The molecular weight excluding hydrogens is 174 g/mol. The zero-order valence-electron chi connectivity index (χ0n) is 8.44. The summed E-state index contributed by atoms with van der Waals surface area (Å²) in [5.74, 6) is 0. The van der Waals surface area contributed by atoms with Crippen molar-refractivity contribution in [1.82, 2.24) is 5.06 Å². The number of hydrogen-bond donors (Lipinski definition) is 0. The topological polar surface area (TPSA) is 12.5 Å². The van der Waals surface area contributed by atoms with Gasteiger partial charge in [0.1, 0.15) is 0 Å². The first-order chi connectivity index (χ1) is 6.90. The summed E-state index contributed by atoms with van der Waals surface area (Å²) in [4.78, 5) is 5.56. The van der Waals surface area contributed by atoms with E-state index in [9.17, 15) is 0 Å². The summed E-state index contributed by atoms with van der Waals surface area (Å²) >= 11 is 0. The highest BCUT2D eigenvalue weighted by atomic mass is 16.7. The Bertz CT molecular complexity index is 318. The molecule has 1 aromatic carbocycles.